The number of nitrogens with one attached hydrogen (secondary N) is 1. The lowest BCUT2D eigenvalue weighted by molar-refractivity contribution is -0.126. The maximum Gasteiger partial charge on any atom is 0.233 e. The van der Waals surface area contributed by atoms with Gasteiger partial charge in [0.25, 0.3) is 0 Å². The first kappa shape index (κ1) is 27.8. The average molecular weight is 468 g/mol. The smallest absolute Gasteiger partial charge is 0.233 e. The highest BCUT2D eigenvalue weighted by molar-refractivity contribution is 7.99. The first-order valence-corrected chi connectivity index (χ1v) is 10.3. The van der Waals surface area contributed by atoms with Crippen molar-refractivity contribution in [2.24, 2.45) is 5.92 Å². The van der Waals surface area contributed by atoms with Gasteiger partial charge in [-0.3, -0.25) is 9.59 Å². The van der Waals surface area contributed by atoms with Crippen LogP contribution in [0.25, 0.3) is 0 Å². The van der Waals surface area contributed by atoms with E-state index in [9.17, 15) is 9.59 Å². The van der Waals surface area contributed by atoms with Crippen molar-refractivity contribution in [2.45, 2.75) is 68.6 Å². The standard InChI is InChI=1S/C19H27NO4S.3H2S/c1-13-18(16(21)11-24-13)20-19(22)17(10-14-6-3-2-4-7-14)25-12-15-8-5-9-23-15;;;/h5,8-9,13-14,17-18H,2-4,6-7,10-12H2,1H3,(H,20,22);3*1H2/t13-,17-,18-;;;/m0.../s1. The van der Waals surface area contributed by atoms with Crippen LogP contribution < -0.4 is 5.32 Å². The van der Waals surface area contributed by atoms with Crippen LogP contribution >= 0.6 is 52.2 Å². The fourth-order valence-corrected chi connectivity index (χ4v) is 4.82. The number of carbonyl (C=O) groups excluding carboxylic acids is 2. The number of Topliss-reactive ketones (excluding diaryl/α,β-unsaturated/α-hetero) is 1. The van der Waals surface area contributed by atoms with Crippen molar-refractivity contribution in [3.63, 3.8) is 0 Å². The number of rotatable bonds is 7. The molecule has 3 atom stereocenters. The third-order valence-electron chi connectivity index (χ3n) is 5.17. The predicted molar refractivity (Wildman–Crippen MR) is 128 cm³/mol. The molecule has 0 spiro atoms. The molecule has 3 rings (SSSR count). The Morgan fingerprint density at radius 1 is 1.25 bits per heavy atom. The summed E-state index contributed by atoms with van der Waals surface area (Å²) in [6.07, 6.45) is 8.50. The Labute approximate surface area is 192 Å². The van der Waals surface area contributed by atoms with Gasteiger partial charge >= 0.3 is 0 Å². The molecule has 2 heterocycles. The van der Waals surface area contributed by atoms with Crippen LogP contribution in [0.5, 0.6) is 0 Å². The van der Waals surface area contributed by atoms with E-state index in [2.05, 4.69) is 5.32 Å². The molecule has 1 aromatic heterocycles. The van der Waals surface area contributed by atoms with Crippen molar-refractivity contribution in [1.82, 2.24) is 5.32 Å². The van der Waals surface area contributed by atoms with E-state index in [4.69, 9.17) is 9.15 Å². The Kier molecular flexibility index (Phi) is 13.8. The van der Waals surface area contributed by atoms with Gasteiger partial charge in [-0.25, -0.2) is 0 Å². The molecule has 1 N–H and O–H groups in total. The second-order valence-electron chi connectivity index (χ2n) is 7.09. The first-order valence-electron chi connectivity index (χ1n) is 9.22. The molecule has 1 aromatic rings. The monoisotopic (exact) mass is 467 g/mol. The van der Waals surface area contributed by atoms with E-state index in [1.807, 2.05) is 19.1 Å². The number of thioether (sulfide) groups is 1. The fourth-order valence-electron chi connectivity index (χ4n) is 3.66. The molecule has 1 amide bonds. The molecule has 2 aliphatic rings. The summed E-state index contributed by atoms with van der Waals surface area (Å²) in [6.45, 7) is 1.93. The average Bonchev–Trinajstić information content (AvgIpc) is 3.24. The summed E-state index contributed by atoms with van der Waals surface area (Å²) in [7, 11) is 0. The molecule has 28 heavy (non-hydrogen) atoms. The summed E-state index contributed by atoms with van der Waals surface area (Å²) < 4.78 is 10.7. The summed E-state index contributed by atoms with van der Waals surface area (Å²) in [4.78, 5) is 24.8. The molecule has 162 valence electrons. The minimum absolute atomic E-state index is 0. The first-order chi connectivity index (χ1) is 12.1. The zero-order valence-corrected chi connectivity index (χ0v) is 20.1. The molecule has 1 saturated carbocycles. The molecular formula is C19H33NO4S4. The molecule has 0 bridgehead atoms. The van der Waals surface area contributed by atoms with Gasteiger partial charge in [0.05, 0.1) is 23.4 Å². The molecule has 0 aromatic carbocycles. The summed E-state index contributed by atoms with van der Waals surface area (Å²) in [5.74, 6) is 2.07. The van der Waals surface area contributed by atoms with Crippen molar-refractivity contribution in [1.29, 1.82) is 0 Å². The second kappa shape index (κ2) is 13.9. The largest absolute Gasteiger partial charge is 0.468 e. The fraction of sp³-hybridized carbons (Fsp3) is 0.684. The maximum atomic E-state index is 12.9. The molecule has 0 radical (unpaired) electrons. The van der Waals surface area contributed by atoms with Crippen LogP contribution in [0.3, 0.4) is 0 Å². The Morgan fingerprint density at radius 2 is 1.96 bits per heavy atom. The van der Waals surface area contributed by atoms with E-state index in [-0.39, 0.29) is 70.1 Å². The summed E-state index contributed by atoms with van der Waals surface area (Å²) >= 11 is 1.61. The van der Waals surface area contributed by atoms with Gasteiger partial charge in [0.2, 0.25) is 5.91 Å². The molecule has 9 heteroatoms. The van der Waals surface area contributed by atoms with E-state index in [0.717, 1.165) is 12.2 Å². The molecule has 5 nitrogen and oxygen atoms in total. The minimum Gasteiger partial charge on any atom is -0.468 e. The molecule has 1 aliphatic carbocycles. The van der Waals surface area contributed by atoms with Gasteiger partial charge in [0.15, 0.2) is 5.78 Å². The van der Waals surface area contributed by atoms with Gasteiger partial charge in [-0.1, -0.05) is 32.1 Å². The lowest BCUT2D eigenvalue weighted by Gasteiger charge is -2.26. The van der Waals surface area contributed by atoms with E-state index in [1.165, 1.54) is 32.1 Å². The number of furan rings is 1. The second-order valence-corrected chi connectivity index (χ2v) is 8.28. The topological polar surface area (TPSA) is 68.5 Å². The van der Waals surface area contributed by atoms with Crippen molar-refractivity contribution in [3.8, 4) is 0 Å². The van der Waals surface area contributed by atoms with Crippen LogP contribution in [0.2, 0.25) is 0 Å². The Bertz CT molecular complexity index is 578. The molecule has 2 fully saturated rings. The van der Waals surface area contributed by atoms with E-state index >= 15 is 0 Å². The van der Waals surface area contributed by atoms with Gasteiger partial charge in [-0.15, -0.1) is 11.8 Å². The van der Waals surface area contributed by atoms with Gasteiger partial charge < -0.3 is 14.5 Å². The highest BCUT2D eigenvalue weighted by Gasteiger charge is 2.36. The quantitative estimate of drug-likeness (QED) is 0.663. The van der Waals surface area contributed by atoms with Crippen molar-refractivity contribution in [3.05, 3.63) is 24.2 Å². The number of amides is 1. The molecule has 1 saturated heterocycles. The van der Waals surface area contributed by atoms with Gasteiger partial charge in [0.1, 0.15) is 18.4 Å². The highest BCUT2D eigenvalue weighted by atomic mass is 32.2. The SMILES string of the molecule is C[C@@H]1OCC(=O)[C@H]1NC(=O)[C@H](CC1CCCCC1)SCc1ccco1.S.S.S. The van der Waals surface area contributed by atoms with Crippen LogP contribution in [0.15, 0.2) is 22.8 Å². The lowest BCUT2D eigenvalue weighted by Crippen LogP contribution is -2.47. The summed E-state index contributed by atoms with van der Waals surface area (Å²) in [6, 6.07) is 3.28. The van der Waals surface area contributed by atoms with Crippen molar-refractivity contribution >= 4 is 63.9 Å². The Balaban J connectivity index is 0.00000243. The van der Waals surface area contributed by atoms with Crippen LogP contribution in [0.1, 0.15) is 51.2 Å². The third-order valence-corrected chi connectivity index (χ3v) is 6.43. The van der Waals surface area contributed by atoms with Crippen LogP contribution in [0.4, 0.5) is 0 Å². The zero-order chi connectivity index (χ0) is 17.6. The van der Waals surface area contributed by atoms with Crippen LogP contribution in [-0.2, 0) is 20.1 Å². The molecular weight excluding hydrogens is 434 g/mol. The maximum absolute atomic E-state index is 12.9. The number of ketones is 1. The van der Waals surface area contributed by atoms with E-state index in [0.29, 0.717) is 11.7 Å². The summed E-state index contributed by atoms with van der Waals surface area (Å²) in [5.41, 5.74) is 0. The van der Waals surface area contributed by atoms with Crippen LogP contribution in [-0.4, -0.2) is 35.7 Å². The van der Waals surface area contributed by atoms with Crippen LogP contribution in [0, 0.1) is 5.92 Å². The third kappa shape index (κ3) is 7.89. The molecule has 0 unspecified atom stereocenters. The van der Waals surface area contributed by atoms with Gasteiger partial charge in [0, 0.05) is 0 Å². The summed E-state index contributed by atoms with van der Waals surface area (Å²) in [5, 5.41) is 2.77. The van der Waals surface area contributed by atoms with E-state index in [1.54, 1.807) is 18.0 Å². The minimum atomic E-state index is -0.509. The number of hydrogen-bond acceptors (Lipinski definition) is 5. The van der Waals surface area contributed by atoms with Gasteiger partial charge in [-0.2, -0.15) is 40.5 Å². The Hall–Kier alpha value is -0.220. The predicted octanol–water partition coefficient (Wildman–Crippen LogP) is 3.66. The van der Waals surface area contributed by atoms with E-state index < -0.39 is 6.04 Å². The number of ether oxygens (including phenoxy) is 1. The van der Waals surface area contributed by atoms with Gasteiger partial charge in [-0.05, 0) is 31.4 Å². The Morgan fingerprint density at radius 3 is 2.54 bits per heavy atom. The zero-order valence-electron chi connectivity index (χ0n) is 16.2. The number of carbonyl (C=O) groups is 2. The van der Waals surface area contributed by atoms with Crippen molar-refractivity contribution < 1.29 is 18.7 Å². The highest BCUT2D eigenvalue weighted by Crippen LogP contribution is 2.32. The molecule has 1 aliphatic heterocycles. The lowest BCUT2D eigenvalue weighted by atomic mass is 9.86. The number of hydrogen-bond donors (Lipinski definition) is 1. The normalized spacial score (nSPS) is 23.1. The van der Waals surface area contributed by atoms with Crippen molar-refractivity contribution in [2.75, 3.05) is 6.61 Å².